The molecule has 2 aromatic rings. The molecule has 0 aliphatic carbocycles. The molecule has 0 spiro atoms. The Morgan fingerprint density at radius 3 is 3.00 bits per heavy atom. The molecule has 1 aromatic heterocycles. The van der Waals surface area contributed by atoms with Gasteiger partial charge in [0.1, 0.15) is 0 Å². The van der Waals surface area contributed by atoms with Crippen LogP contribution in [-0.4, -0.2) is 17.6 Å². The number of thiazole rings is 1. The summed E-state index contributed by atoms with van der Waals surface area (Å²) in [5.74, 6) is 0. The van der Waals surface area contributed by atoms with E-state index in [0.29, 0.717) is 6.04 Å². The second-order valence-electron chi connectivity index (χ2n) is 5.39. The molecule has 1 fully saturated rings. The highest BCUT2D eigenvalue weighted by Gasteiger charge is 2.15. The average molecular weight is 260 g/mol. The zero-order valence-corrected chi connectivity index (χ0v) is 11.9. The number of fused-ring (bicyclic) bond motifs is 1. The van der Waals surface area contributed by atoms with Gasteiger partial charge in [0.15, 0.2) is 0 Å². The first-order valence-corrected chi connectivity index (χ1v) is 7.64. The van der Waals surface area contributed by atoms with Crippen LogP contribution in [-0.2, 0) is 6.42 Å². The number of aryl methyl sites for hydroxylation is 2. The summed E-state index contributed by atoms with van der Waals surface area (Å²) >= 11 is 1.87. The third-order valence-corrected chi connectivity index (χ3v) is 4.73. The van der Waals surface area contributed by atoms with E-state index in [1.165, 1.54) is 52.2 Å². The Morgan fingerprint density at radius 2 is 2.22 bits per heavy atom. The summed E-state index contributed by atoms with van der Waals surface area (Å²) in [6.07, 6.45) is 5.08. The highest BCUT2D eigenvalue weighted by molar-refractivity contribution is 7.18. The van der Waals surface area contributed by atoms with E-state index in [4.69, 9.17) is 4.98 Å². The van der Waals surface area contributed by atoms with Crippen LogP contribution in [0.5, 0.6) is 0 Å². The standard InChI is InChI=1S/C15H20N2S/c1-10-7-11(2)15-13(8-10)18-14(17-15)9-12-5-3-4-6-16-12/h7-8,12,16H,3-6,9H2,1-2H3. The number of hydrogen-bond acceptors (Lipinski definition) is 3. The van der Waals surface area contributed by atoms with Crippen molar-refractivity contribution in [2.24, 2.45) is 0 Å². The van der Waals surface area contributed by atoms with E-state index in [-0.39, 0.29) is 0 Å². The predicted octanol–water partition coefficient (Wildman–Crippen LogP) is 3.60. The fourth-order valence-electron chi connectivity index (χ4n) is 2.81. The number of rotatable bonds is 2. The van der Waals surface area contributed by atoms with Gasteiger partial charge < -0.3 is 5.32 Å². The molecule has 0 bridgehead atoms. The van der Waals surface area contributed by atoms with Crippen LogP contribution in [0.15, 0.2) is 12.1 Å². The minimum Gasteiger partial charge on any atom is -0.314 e. The maximum Gasteiger partial charge on any atom is 0.0954 e. The summed E-state index contributed by atoms with van der Waals surface area (Å²) in [4.78, 5) is 4.83. The van der Waals surface area contributed by atoms with E-state index in [1.807, 2.05) is 11.3 Å². The minimum absolute atomic E-state index is 0.640. The van der Waals surface area contributed by atoms with E-state index >= 15 is 0 Å². The van der Waals surface area contributed by atoms with Crippen LogP contribution >= 0.6 is 11.3 Å². The van der Waals surface area contributed by atoms with Gasteiger partial charge in [-0.1, -0.05) is 12.5 Å². The lowest BCUT2D eigenvalue weighted by Crippen LogP contribution is -2.35. The molecule has 1 atom stereocenters. The zero-order valence-electron chi connectivity index (χ0n) is 11.1. The molecule has 0 amide bonds. The fourth-order valence-corrected chi connectivity index (χ4v) is 4.04. The predicted molar refractivity (Wildman–Crippen MR) is 78.4 cm³/mol. The molecular weight excluding hydrogens is 240 g/mol. The largest absolute Gasteiger partial charge is 0.314 e. The lowest BCUT2D eigenvalue weighted by atomic mass is 10.0. The van der Waals surface area contributed by atoms with Gasteiger partial charge in [-0.3, -0.25) is 0 Å². The molecule has 1 unspecified atom stereocenters. The Bertz CT molecular complexity index is 553. The Kier molecular flexibility index (Phi) is 3.35. The smallest absolute Gasteiger partial charge is 0.0954 e. The summed E-state index contributed by atoms with van der Waals surface area (Å²) in [6.45, 7) is 5.50. The molecule has 1 N–H and O–H groups in total. The molecule has 3 rings (SSSR count). The van der Waals surface area contributed by atoms with E-state index in [0.717, 1.165) is 6.42 Å². The van der Waals surface area contributed by atoms with Crippen molar-refractivity contribution >= 4 is 21.6 Å². The van der Waals surface area contributed by atoms with Gasteiger partial charge in [0, 0.05) is 12.5 Å². The molecule has 96 valence electrons. The van der Waals surface area contributed by atoms with Crippen molar-refractivity contribution in [3.05, 3.63) is 28.3 Å². The van der Waals surface area contributed by atoms with Gasteiger partial charge in [0.25, 0.3) is 0 Å². The topological polar surface area (TPSA) is 24.9 Å². The summed E-state index contributed by atoms with van der Waals surface area (Å²) < 4.78 is 1.35. The van der Waals surface area contributed by atoms with Crippen molar-refractivity contribution in [3.8, 4) is 0 Å². The fraction of sp³-hybridized carbons (Fsp3) is 0.533. The highest BCUT2D eigenvalue weighted by atomic mass is 32.1. The molecular formula is C15H20N2S. The lowest BCUT2D eigenvalue weighted by Gasteiger charge is -2.22. The second-order valence-corrected chi connectivity index (χ2v) is 6.50. The van der Waals surface area contributed by atoms with Crippen LogP contribution in [0.4, 0.5) is 0 Å². The number of benzene rings is 1. The third-order valence-electron chi connectivity index (χ3n) is 3.71. The molecule has 2 nitrogen and oxygen atoms in total. The van der Waals surface area contributed by atoms with Crippen LogP contribution in [0.1, 0.15) is 35.4 Å². The van der Waals surface area contributed by atoms with E-state index < -0.39 is 0 Å². The highest BCUT2D eigenvalue weighted by Crippen LogP contribution is 2.27. The summed E-state index contributed by atoms with van der Waals surface area (Å²) in [7, 11) is 0. The van der Waals surface area contributed by atoms with E-state index in [9.17, 15) is 0 Å². The van der Waals surface area contributed by atoms with Crippen LogP contribution in [0.2, 0.25) is 0 Å². The van der Waals surface area contributed by atoms with Crippen molar-refractivity contribution in [1.29, 1.82) is 0 Å². The van der Waals surface area contributed by atoms with Crippen molar-refractivity contribution < 1.29 is 0 Å². The van der Waals surface area contributed by atoms with Crippen molar-refractivity contribution in [2.75, 3.05) is 6.54 Å². The molecule has 18 heavy (non-hydrogen) atoms. The molecule has 0 radical (unpaired) electrons. The van der Waals surface area contributed by atoms with Gasteiger partial charge in [-0.05, 0) is 50.4 Å². The lowest BCUT2D eigenvalue weighted by molar-refractivity contribution is 0.399. The zero-order chi connectivity index (χ0) is 12.5. The summed E-state index contributed by atoms with van der Waals surface area (Å²) in [6, 6.07) is 5.13. The quantitative estimate of drug-likeness (QED) is 0.892. The first-order chi connectivity index (χ1) is 8.72. The number of nitrogens with zero attached hydrogens (tertiary/aromatic N) is 1. The Labute approximate surface area is 112 Å². The van der Waals surface area contributed by atoms with Crippen LogP contribution in [0, 0.1) is 13.8 Å². The number of hydrogen-bond donors (Lipinski definition) is 1. The van der Waals surface area contributed by atoms with Crippen molar-refractivity contribution in [2.45, 2.75) is 45.6 Å². The molecule has 3 heteroatoms. The van der Waals surface area contributed by atoms with Gasteiger partial charge >= 0.3 is 0 Å². The summed E-state index contributed by atoms with van der Waals surface area (Å²) in [5, 5.41) is 4.89. The van der Waals surface area contributed by atoms with Crippen molar-refractivity contribution in [1.82, 2.24) is 10.3 Å². The second kappa shape index (κ2) is 4.98. The maximum atomic E-state index is 4.83. The van der Waals surface area contributed by atoms with Gasteiger partial charge in [-0.25, -0.2) is 4.98 Å². The normalized spacial score (nSPS) is 20.4. The Morgan fingerprint density at radius 1 is 1.33 bits per heavy atom. The number of piperidine rings is 1. The molecule has 0 saturated carbocycles. The van der Waals surface area contributed by atoms with Gasteiger partial charge in [-0.15, -0.1) is 11.3 Å². The summed E-state index contributed by atoms with van der Waals surface area (Å²) in [5.41, 5.74) is 3.85. The Balaban J connectivity index is 1.86. The van der Waals surface area contributed by atoms with Crippen LogP contribution in [0.25, 0.3) is 10.2 Å². The molecule has 2 heterocycles. The maximum absolute atomic E-state index is 4.83. The number of aromatic nitrogens is 1. The van der Waals surface area contributed by atoms with Gasteiger partial charge in [0.2, 0.25) is 0 Å². The molecule has 1 aliphatic heterocycles. The van der Waals surface area contributed by atoms with E-state index in [1.54, 1.807) is 0 Å². The van der Waals surface area contributed by atoms with E-state index in [2.05, 4.69) is 31.3 Å². The number of nitrogens with one attached hydrogen (secondary N) is 1. The SMILES string of the molecule is Cc1cc(C)c2nc(CC3CCCCN3)sc2c1. The first-order valence-electron chi connectivity index (χ1n) is 6.82. The van der Waals surface area contributed by atoms with Gasteiger partial charge in [-0.2, -0.15) is 0 Å². The third kappa shape index (κ3) is 2.43. The van der Waals surface area contributed by atoms with Crippen LogP contribution < -0.4 is 5.32 Å². The monoisotopic (exact) mass is 260 g/mol. The molecule has 1 saturated heterocycles. The minimum atomic E-state index is 0.640. The van der Waals surface area contributed by atoms with Gasteiger partial charge in [0.05, 0.1) is 15.2 Å². The molecule has 1 aliphatic rings. The van der Waals surface area contributed by atoms with Crippen molar-refractivity contribution in [3.63, 3.8) is 0 Å². The average Bonchev–Trinajstić information content (AvgIpc) is 2.73. The first kappa shape index (κ1) is 12.1. The van der Waals surface area contributed by atoms with Crippen LogP contribution in [0.3, 0.4) is 0 Å². The Hall–Kier alpha value is -0.930. The molecule has 1 aromatic carbocycles.